The minimum atomic E-state index is 0.0103. The molecular weight excluding hydrogens is 256 g/mol. The topological polar surface area (TPSA) is 47.0 Å². The number of fused-ring (bicyclic) bond motifs is 1. The zero-order valence-electron chi connectivity index (χ0n) is 9.56. The number of aromatic amines is 1. The van der Waals surface area contributed by atoms with Crippen molar-refractivity contribution in [3.05, 3.63) is 26.6 Å². The van der Waals surface area contributed by atoms with Crippen molar-refractivity contribution in [1.82, 2.24) is 9.55 Å². The lowest BCUT2D eigenvalue weighted by Crippen LogP contribution is -2.21. The second-order valence-electron chi connectivity index (χ2n) is 3.75. The number of ether oxygens (including phenoxy) is 1. The van der Waals surface area contributed by atoms with Gasteiger partial charge in [0, 0.05) is 20.3 Å². The molecule has 17 heavy (non-hydrogen) atoms. The van der Waals surface area contributed by atoms with E-state index in [1.165, 1.54) is 11.3 Å². The molecule has 0 aliphatic carbocycles. The lowest BCUT2D eigenvalue weighted by Gasteiger charge is -2.05. The van der Waals surface area contributed by atoms with Crippen LogP contribution in [0.4, 0.5) is 0 Å². The number of nitrogens with one attached hydrogen (secondary N) is 1. The fourth-order valence-corrected chi connectivity index (χ4v) is 2.77. The predicted molar refractivity (Wildman–Crippen MR) is 72.4 cm³/mol. The fourth-order valence-electron chi connectivity index (χ4n) is 1.69. The molecule has 0 unspecified atom stereocenters. The predicted octanol–water partition coefficient (Wildman–Crippen LogP) is 2.55. The van der Waals surface area contributed by atoms with E-state index >= 15 is 0 Å². The van der Waals surface area contributed by atoms with Gasteiger partial charge in [0.05, 0.1) is 5.52 Å². The number of rotatable bonds is 5. The van der Waals surface area contributed by atoms with Gasteiger partial charge >= 0.3 is 0 Å². The molecule has 0 aliphatic heterocycles. The van der Waals surface area contributed by atoms with E-state index in [2.05, 4.69) is 4.98 Å². The first-order valence-electron chi connectivity index (χ1n) is 5.43. The Bertz CT molecular complexity index is 612. The van der Waals surface area contributed by atoms with Crippen LogP contribution in [0.15, 0.2) is 16.2 Å². The van der Waals surface area contributed by atoms with Gasteiger partial charge in [-0.1, -0.05) is 0 Å². The molecule has 2 heterocycles. The largest absolute Gasteiger partial charge is 0.385 e. The molecule has 2 rings (SSSR count). The van der Waals surface area contributed by atoms with E-state index in [4.69, 9.17) is 17.0 Å². The Morgan fingerprint density at radius 3 is 3.12 bits per heavy atom. The minimum Gasteiger partial charge on any atom is -0.385 e. The molecule has 6 heteroatoms. The number of hydrogen-bond acceptors (Lipinski definition) is 4. The van der Waals surface area contributed by atoms with Gasteiger partial charge in [0.2, 0.25) is 0 Å². The average molecular weight is 270 g/mol. The third-order valence-electron chi connectivity index (χ3n) is 2.57. The van der Waals surface area contributed by atoms with Crippen molar-refractivity contribution in [3.8, 4) is 0 Å². The maximum atomic E-state index is 12.1. The second kappa shape index (κ2) is 5.57. The molecule has 0 fully saturated rings. The van der Waals surface area contributed by atoms with E-state index in [9.17, 15) is 4.79 Å². The number of unbranched alkanes of at least 4 members (excludes halogenated alkanes) is 1. The van der Waals surface area contributed by atoms with Crippen molar-refractivity contribution in [2.75, 3.05) is 13.7 Å². The molecule has 0 amide bonds. The standard InChI is InChI=1S/C11H14N2O2S2/c1-15-6-3-2-5-13-10(14)9-8(4-7-17-9)12-11(13)16/h4,7H,2-3,5-6H2,1H3,(H,12,16). The summed E-state index contributed by atoms with van der Waals surface area (Å²) >= 11 is 6.64. The van der Waals surface area contributed by atoms with Gasteiger partial charge in [0.15, 0.2) is 4.77 Å². The van der Waals surface area contributed by atoms with Crippen LogP contribution in [-0.2, 0) is 11.3 Å². The monoisotopic (exact) mass is 270 g/mol. The van der Waals surface area contributed by atoms with Crippen molar-refractivity contribution in [2.45, 2.75) is 19.4 Å². The van der Waals surface area contributed by atoms with E-state index in [0.29, 0.717) is 17.9 Å². The van der Waals surface area contributed by atoms with Crippen LogP contribution >= 0.6 is 23.6 Å². The molecule has 0 saturated heterocycles. The summed E-state index contributed by atoms with van der Waals surface area (Å²) in [5.74, 6) is 0. The number of aromatic nitrogens is 2. The van der Waals surface area contributed by atoms with Crippen molar-refractivity contribution < 1.29 is 4.74 Å². The van der Waals surface area contributed by atoms with E-state index < -0.39 is 0 Å². The molecular formula is C11H14N2O2S2. The summed E-state index contributed by atoms with van der Waals surface area (Å²) in [6, 6.07) is 1.88. The van der Waals surface area contributed by atoms with Gasteiger partial charge in [-0.05, 0) is 36.5 Å². The lowest BCUT2D eigenvalue weighted by atomic mass is 10.3. The van der Waals surface area contributed by atoms with Crippen molar-refractivity contribution in [2.24, 2.45) is 0 Å². The van der Waals surface area contributed by atoms with Crippen molar-refractivity contribution in [1.29, 1.82) is 0 Å². The number of thiophene rings is 1. The van der Waals surface area contributed by atoms with Crippen LogP contribution in [-0.4, -0.2) is 23.3 Å². The molecule has 0 atom stereocenters. The summed E-state index contributed by atoms with van der Waals surface area (Å²) in [5, 5.41) is 1.90. The molecule has 2 aromatic rings. The molecule has 4 nitrogen and oxygen atoms in total. The van der Waals surface area contributed by atoms with Gasteiger partial charge in [-0.2, -0.15) is 0 Å². The molecule has 0 radical (unpaired) electrons. The minimum absolute atomic E-state index is 0.0103. The second-order valence-corrected chi connectivity index (χ2v) is 5.05. The van der Waals surface area contributed by atoms with E-state index in [1.807, 2.05) is 11.4 Å². The van der Waals surface area contributed by atoms with Crippen LogP contribution in [0.2, 0.25) is 0 Å². The van der Waals surface area contributed by atoms with Gasteiger partial charge in [-0.15, -0.1) is 11.3 Å². The van der Waals surface area contributed by atoms with E-state index in [1.54, 1.807) is 11.7 Å². The Labute approximate surface area is 108 Å². The summed E-state index contributed by atoms with van der Waals surface area (Å²) in [6.07, 6.45) is 1.82. The van der Waals surface area contributed by atoms with Crippen LogP contribution in [0, 0.1) is 4.77 Å². The summed E-state index contributed by atoms with van der Waals surface area (Å²) in [4.78, 5) is 15.2. The van der Waals surface area contributed by atoms with Crippen LogP contribution in [0.5, 0.6) is 0 Å². The maximum absolute atomic E-state index is 12.1. The number of nitrogens with zero attached hydrogens (tertiary/aromatic N) is 1. The average Bonchev–Trinajstić information content (AvgIpc) is 2.76. The summed E-state index contributed by atoms with van der Waals surface area (Å²) in [7, 11) is 1.68. The molecule has 0 aromatic carbocycles. The number of hydrogen-bond donors (Lipinski definition) is 1. The smallest absolute Gasteiger partial charge is 0.272 e. The highest BCUT2D eigenvalue weighted by Crippen LogP contribution is 2.14. The molecule has 0 bridgehead atoms. The van der Waals surface area contributed by atoms with Crippen LogP contribution in [0.1, 0.15) is 12.8 Å². The highest BCUT2D eigenvalue weighted by molar-refractivity contribution is 7.71. The Balaban J connectivity index is 2.27. The maximum Gasteiger partial charge on any atom is 0.272 e. The van der Waals surface area contributed by atoms with Crippen LogP contribution in [0.3, 0.4) is 0 Å². The number of methoxy groups -OCH3 is 1. The first kappa shape index (κ1) is 12.5. The van der Waals surface area contributed by atoms with Crippen LogP contribution in [0.25, 0.3) is 10.2 Å². The van der Waals surface area contributed by atoms with Crippen molar-refractivity contribution >= 4 is 33.8 Å². The Morgan fingerprint density at radius 2 is 2.35 bits per heavy atom. The van der Waals surface area contributed by atoms with Gasteiger partial charge < -0.3 is 9.72 Å². The van der Waals surface area contributed by atoms with Gasteiger partial charge in [0.1, 0.15) is 4.70 Å². The summed E-state index contributed by atoms with van der Waals surface area (Å²) in [6.45, 7) is 1.36. The highest BCUT2D eigenvalue weighted by atomic mass is 32.1. The zero-order chi connectivity index (χ0) is 12.3. The Kier molecular flexibility index (Phi) is 4.09. The normalized spacial score (nSPS) is 11.1. The lowest BCUT2D eigenvalue weighted by molar-refractivity contribution is 0.191. The third-order valence-corrected chi connectivity index (χ3v) is 3.80. The third kappa shape index (κ3) is 2.65. The number of H-pyrrole nitrogens is 1. The van der Waals surface area contributed by atoms with Gasteiger partial charge in [-0.3, -0.25) is 9.36 Å². The summed E-state index contributed by atoms with van der Waals surface area (Å²) in [5.41, 5.74) is 0.842. The quantitative estimate of drug-likeness (QED) is 0.671. The molecule has 0 aliphatic rings. The fraction of sp³-hybridized carbons (Fsp3) is 0.455. The van der Waals surface area contributed by atoms with Gasteiger partial charge in [-0.25, -0.2) is 0 Å². The summed E-state index contributed by atoms with van der Waals surface area (Å²) < 4.78 is 7.85. The highest BCUT2D eigenvalue weighted by Gasteiger charge is 2.05. The SMILES string of the molecule is COCCCCn1c(=S)[nH]c2ccsc2c1=O. The zero-order valence-corrected chi connectivity index (χ0v) is 11.2. The molecule has 92 valence electrons. The Hall–Kier alpha value is -0.980. The molecule has 2 aromatic heterocycles. The first-order valence-corrected chi connectivity index (χ1v) is 6.72. The van der Waals surface area contributed by atoms with Crippen molar-refractivity contribution in [3.63, 3.8) is 0 Å². The molecule has 0 spiro atoms. The van der Waals surface area contributed by atoms with Gasteiger partial charge in [0.25, 0.3) is 5.56 Å². The van der Waals surface area contributed by atoms with E-state index in [-0.39, 0.29) is 5.56 Å². The molecule has 1 N–H and O–H groups in total. The first-order chi connectivity index (χ1) is 8.24. The molecule has 0 saturated carbocycles. The Morgan fingerprint density at radius 1 is 1.53 bits per heavy atom. The van der Waals surface area contributed by atoms with Crippen LogP contribution < -0.4 is 5.56 Å². The van der Waals surface area contributed by atoms with E-state index in [0.717, 1.165) is 23.1 Å².